The molecule has 9 heteroatoms. The van der Waals surface area contributed by atoms with Gasteiger partial charge in [0.1, 0.15) is 31.0 Å². The Labute approximate surface area is 96.8 Å². The second-order valence-corrected chi connectivity index (χ2v) is 3.59. The van der Waals surface area contributed by atoms with Crippen molar-refractivity contribution >= 4 is 0 Å². The Kier molecular flexibility index (Phi) is 7.01. The summed E-state index contributed by atoms with van der Waals surface area (Å²) >= 11 is 0. The van der Waals surface area contributed by atoms with Crippen LogP contribution in [0.2, 0.25) is 0 Å². The lowest BCUT2D eigenvalue weighted by atomic mass is 10.0. The Hall–Kier alpha value is -0.360. The summed E-state index contributed by atoms with van der Waals surface area (Å²) in [5, 5.41) is 70.5. The molecular formula is C8H18O9. The maximum Gasteiger partial charge on any atom is 0.300 e. The van der Waals surface area contributed by atoms with E-state index in [1.54, 1.807) is 0 Å². The Morgan fingerprint density at radius 3 is 1.76 bits per heavy atom. The van der Waals surface area contributed by atoms with Gasteiger partial charge >= 0.3 is 0 Å². The molecule has 0 unspecified atom stereocenters. The van der Waals surface area contributed by atoms with E-state index in [4.69, 9.17) is 25.5 Å². The number of hydrogen-bond acceptors (Lipinski definition) is 9. The summed E-state index contributed by atoms with van der Waals surface area (Å²) in [7, 11) is 0. The fraction of sp³-hybridized carbons (Fsp3) is 1.00. The SMILES string of the molecule is OC[C@@H](O)[C@@H](O)[C@H](O)[C@@H](O)COCC(O)(O)O. The highest BCUT2D eigenvalue weighted by Crippen LogP contribution is 2.06. The molecule has 0 aliphatic rings. The number of ether oxygens (including phenoxy) is 1. The summed E-state index contributed by atoms with van der Waals surface area (Å²) in [6.07, 6.45) is -6.87. The summed E-state index contributed by atoms with van der Waals surface area (Å²) in [6, 6.07) is 0. The third kappa shape index (κ3) is 6.83. The third-order valence-electron chi connectivity index (χ3n) is 1.91. The first-order valence-corrected chi connectivity index (χ1v) is 4.77. The van der Waals surface area contributed by atoms with Gasteiger partial charge in [0.25, 0.3) is 5.97 Å². The minimum absolute atomic E-state index is 0.625. The minimum atomic E-state index is -3.06. The molecule has 0 aromatic carbocycles. The van der Waals surface area contributed by atoms with Crippen molar-refractivity contribution in [1.82, 2.24) is 0 Å². The van der Waals surface area contributed by atoms with Crippen LogP contribution >= 0.6 is 0 Å². The van der Waals surface area contributed by atoms with Crippen molar-refractivity contribution in [1.29, 1.82) is 0 Å². The molecule has 0 rings (SSSR count). The van der Waals surface area contributed by atoms with Crippen LogP contribution in [0.1, 0.15) is 0 Å². The number of aliphatic hydroxyl groups is 8. The van der Waals surface area contributed by atoms with Crippen LogP contribution in [-0.2, 0) is 4.74 Å². The zero-order valence-electron chi connectivity index (χ0n) is 8.92. The van der Waals surface area contributed by atoms with Crippen molar-refractivity contribution in [3.8, 4) is 0 Å². The minimum Gasteiger partial charge on any atom is -0.394 e. The lowest BCUT2D eigenvalue weighted by Crippen LogP contribution is -2.47. The van der Waals surface area contributed by atoms with Crippen LogP contribution in [0.15, 0.2) is 0 Å². The molecule has 0 aliphatic carbocycles. The van der Waals surface area contributed by atoms with E-state index in [1.807, 2.05) is 0 Å². The normalized spacial score (nSPS) is 19.8. The Morgan fingerprint density at radius 2 is 1.35 bits per heavy atom. The molecule has 0 aliphatic heterocycles. The third-order valence-corrected chi connectivity index (χ3v) is 1.91. The van der Waals surface area contributed by atoms with Gasteiger partial charge in [-0.3, -0.25) is 0 Å². The van der Waals surface area contributed by atoms with E-state index >= 15 is 0 Å². The van der Waals surface area contributed by atoms with Crippen LogP contribution in [0.4, 0.5) is 0 Å². The van der Waals surface area contributed by atoms with Crippen LogP contribution in [0.25, 0.3) is 0 Å². The summed E-state index contributed by atoms with van der Waals surface area (Å²) < 4.78 is 4.43. The second kappa shape index (κ2) is 7.16. The highest BCUT2D eigenvalue weighted by atomic mass is 16.7. The van der Waals surface area contributed by atoms with E-state index in [-0.39, 0.29) is 0 Å². The van der Waals surface area contributed by atoms with Crippen LogP contribution in [0, 0.1) is 0 Å². The van der Waals surface area contributed by atoms with Crippen molar-refractivity contribution < 1.29 is 45.6 Å². The van der Waals surface area contributed by atoms with Gasteiger partial charge in [-0.1, -0.05) is 0 Å². The number of hydrogen-bond donors (Lipinski definition) is 8. The molecule has 0 heterocycles. The predicted molar refractivity (Wildman–Crippen MR) is 51.3 cm³/mol. The van der Waals surface area contributed by atoms with Crippen molar-refractivity contribution in [3.63, 3.8) is 0 Å². The monoisotopic (exact) mass is 258 g/mol. The fourth-order valence-electron chi connectivity index (χ4n) is 0.978. The van der Waals surface area contributed by atoms with Crippen molar-refractivity contribution in [2.45, 2.75) is 30.4 Å². The zero-order chi connectivity index (χ0) is 13.6. The van der Waals surface area contributed by atoms with Gasteiger partial charge in [0.15, 0.2) is 0 Å². The molecule has 9 nitrogen and oxygen atoms in total. The highest BCUT2D eigenvalue weighted by Gasteiger charge is 2.30. The molecule has 0 fully saturated rings. The largest absolute Gasteiger partial charge is 0.394 e. The summed E-state index contributed by atoms with van der Waals surface area (Å²) in [5.74, 6) is -3.06. The van der Waals surface area contributed by atoms with E-state index in [2.05, 4.69) is 4.74 Å². The molecule has 0 bridgehead atoms. The van der Waals surface area contributed by atoms with Crippen LogP contribution in [0.5, 0.6) is 0 Å². The molecule has 0 aromatic heterocycles. The summed E-state index contributed by atoms with van der Waals surface area (Å²) in [4.78, 5) is 0. The topological polar surface area (TPSA) is 171 Å². The fourth-order valence-corrected chi connectivity index (χ4v) is 0.978. The van der Waals surface area contributed by atoms with Gasteiger partial charge in [-0.2, -0.15) is 0 Å². The first kappa shape index (κ1) is 16.6. The molecular weight excluding hydrogens is 240 g/mol. The van der Waals surface area contributed by atoms with Gasteiger partial charge in [0.05, 0.1) is 13.2 Å². The van der Waals surface area contributed by atoms with Crippen molar-refractivity contribution in [2.24, 2.45) is 0 Å². The maximum absolute atomic E-state index is 9.28. The Balaban J connectivity index is 4.01. The standard InChI is InChI=1S/C8H18O9/c9-1-4(10)6(12)7(13)5(11)2-17-3-8(14,15)16/h4-7,9-16H,1-3H2/t4-,5+,6-,7-/m1/s1. The highest BCUT2D eigenvalue weighted by molar-refractivity contribution is 4.80. The average molecular weight is 258 g/mol. The first-order valence-electron chi connectivity index (χ1n) is 4.77. The van der Waals surface area contributed by atoms with Gasteiger partial charge in [-0.15, -0.1) is 0 Å². The van der Waals surface area contributed by atoms with Gasteiger partial charge in [-0.25, -0.2) is 0 Å². The molecule has 4 atom stereocenters. The molecule has 0 amide bonds. The van der Waals surface area contributed by atoms with E-state index in [9.17, 15) is 15.3 Å². The van der Waals surface area contributed by atoms with Crippen LogP contribution < -0.4 is 0 Å². The Bertz CT molecular complexity index is 204. The Morgan fingerprint density at radius 1 is 0.882 bits per heavy atom. The number of rotatable bonds is 8. The van der Waals surface area contributed by atoms with Crippen molar-refractivity contribution in [2.75, 3.05) is 19.8 Å². The molecule has 0 spiro atoms. The van der Waals surface area contributed by atoms with Gasteiger partial charge < -0.3 is 45.6 Å². The van der Waals surface area contributed by atoms with Crippen LogP contribution in [0.3, 0.4) is 0 Å². The van der Waals surface area contributed by atoms with E-state index in [0.717, 1.165) is 0 Å². The smallest absolute Gasteiger partial charge is 0.300 e. The van der Waals surface area contributed by atoms with Crippen LogP contribution in [-0.4, -0.2) is 91.1 Å². The molecule has 17 heavy (non-hydrogen) atoms. The zero-order valence-corrected chi connectivity index (χ0v) is 8.92. The maximum atomic E-state index is 9.28. The quantitative estimate of drug-likeness (QED) is 0.199. The van der Waals surface area contributed by atoms with Gasteiger partial charge in [-0.05, 0) is 0 Å². The van der Waals surface area contributed by atoms with E-state index in [0.29, 0.717) is 0 Å². The average Bonchev–Trinajstić information content (AvgIpc) is 2.24. The molecule has 0 saturated carbocycles. The number of aliphatic hydroxyl groups excluding tert-OH is 5. The van der Waals surface area contributed by atoms with E-state index < -0.39 is 50.2 Å². The lowest BCUT2D eigenvalue weighted by Gasteiger charge is -2.25. The van der Waals surface area contributed by atoms with Gasteiger partial charge in [0.2, 0.25) is 0 Å². The van der Waals surface area contributed by atoms with Crippen molar-refractivity contribution in [3.05, 3.63) is 0 Å². The van der Waals surface area contributed by atoms with E-state index in [1.165, 1.54) is 0 Å². The molecule has 0 radical (unpaired) electrons. The predicted octanol–water partition coefficient (Wildman–Crippen LogP) is -4.93. The summed E-state index contributed by atoms with van der Waals surface area (Å²) in [5.41, 5.74) is 0. The molecule has 8 N–H and O–H groups in total. The van der Waals surface area contributed by atoms with Gasteiger partial charge in [0, 0.05) is 0 Å². The lowest BCUT2D eigenvalue weighted by molar-refractivity contribution is -0.333. The summed E-state index contributed by atoms with van der Waals surface area (Å²) in [6.45, 7) is -2.37. The first-order chi connectivity index (χ1) is 7.69. The molecule has 0 saturated heterocycles. The molecule has 104 valence electrons. The second-order valence-electron chi connectivity index (χ2n) is 3.59. The molecule has 0 aromatic rings.